The van der Waals surface area contributed by atoms with Gasteiger partial charge in [-0.2, -0.15) is 0 Å². The molecular weight excluding hydrogens is 265 g/mol. The van der Waals surface area contributed by atoms with Crippen LogP contribution in [-0.2, 0) is 13.5 Å². The van der Waals surface area contributed by atoms with E-state index in [1.807, 2.05) is 44.4 Å². The Labute approximate surface area is 123 Å². The fourth-order valence-corrected chi connectivity index (χ4v) is 2.64. The van der Waals surface area contributed by atoms with Crippen molar-refractivity contribution >= 4 is 11.0 Å². The Hall–Kier alpha value is -2.20. The summed E-state index contributed by atoms with van der Waals surface area (Å²) in [6.07, 6.45) is 0.757. The molecule has 1 N–H and O–H groups in total. The van der Waals surface area contributed by atoms with E-state index in [-0.39, 0.29) is 11.9 Å². The number of fused-ring (bicyclic) bond motifs is 1. The zero-order valence-electron chi connectivity index (χ0n) is 12.2. The van der Waals surface area contributed by atoms with Crippen molar-refractivity contribution in [3.63, 3.8) is 0 Å². The van der Waals surface area contributed by atoms with Gasteiger partial charge in [0.15, 0.2) is 0 Å². The second-order valence-electron chi connectivity index (χ2n) is 5.17. The van der Waals surface area contributed by atoms with E-state index in [1.165, 1.54) is 12.1 Å². The lowest BCUT2D eigenvalue weighted by molar-refractivity contribution is 0.562. The van der Waals surface area contributed by atoms with Crippen molar-refractivity contribution in [3.05, 3.63) is 65.7 Å². The predicted octanol–water partition coefficient (Wildman–Crippen LogP) is 3.22. The molecule has 0 aliphatic carbocycles. The Bertz CT molecular complexity index is 746. The minimum atomic E-state index is -0.212. The minimum Gasteiger partial charge on any atom is -0.331 e. The molecule has 3 aromatic rings. The number of benzene rings is 2. The summed E-state index contributed by atoms with van der Waals surface area (Å²) in [5, 5.41) is 3.28. The number of nitrogens with one attached hydrogen (secondary N) is 1. The van der Waals surface area contributed by atoms with Crippen molar-refractivity contribution in [1.82, 2.24) is 14.9 Å². The third kappa shape index (κ3) is 2.67. The monoisotopic (exact) mass is 283 g/mol. The number of hydrogen-bond acceptors (Lipinski definition) is 2. The molecule has 0 saturated carbocycles. The van der Waals surface area contributed by atoms with Gasteiger partial charge in [0.2, 0.25) is 0 Å². The van der Waals surface area contributed by atoms with Gasteiger partial charge in [-0.1, -0.05) is 24.3 Å². The van der Waals surface area contributed by atoms with Crippen molar-refractivity contribution in [3.8, 4) is 0 Å². The van der Waals surface area contributed by atoms with Crippen molar-refractivity contribution in [1.29, 1.82) is 0 Å². The van der Waals surface area contributed by atoms with Gasteiger partial charge in [0, 0.05) is 19.5 Å². The number of halogens is 1. The van der Waals surface area contributed by atoms with Crippen LogP contribution in [0.3, 0.4) is 0 Å². The number of likely N-dealkylation sites (N-methyl/N-ethyl adjacent to an activating group) is 1. The summed E-state index contributed by atoms with van der Waals surface area (Å²) in [7, 11) is 3.94. The van der Waals surface area contributed by atoms with Crippen LogP contribution >= 0.6 is 0 Å². The van der Waals surface area contributed by atoms with Gasteiger partial charge in [-0.05, 0) is 36.9 Å². The largest absolute Gasteiger partial charge is 0.331 e. The summed E-state index contributed by atoms with van der Waals surface area (Å²) < 4.78 is 15.2. The summed E-state index contributed by atoms with van der Waals surface area (Å²) in [5.41, 5.74) is 3.19. The number of nitrogens with zero attached hydrogens (tertiary/aromatic N) is 2. The van der Waals surface area contributed by atoms with Crippen LogP contribution in [0.4, 0.5) is 4.39 Å². The van der Waals surface area contributed by atoms with Gasteiger partial charge >= 0.3 is 0 Å². The molecule has 0 fully saturated rings. The number of imidazole rings is 1. The molecule has 1 unspecified atom stereocenters. The predicted molar refractivity (Wildman–Crippen MR) is 82.6 cm³/mol. The average molecular weight is 283 g/mol. The van der Waals surface area contributed by atoms with E-state index in [2.05, 4.69) is 16.0 Å². The SMILES string of the molecule is CNC(Cc1nc2ccccc2n1C)c1ccc(F)cc1. The highest BCUT2D eigenvalue weighted by atomic mass is 19.1. The maximum Gasteiger partial charge on any atom is 0.123 e. The zero-order valence-corrected chi connectivity index (χ0v) is 12.2. The average Bonchev–Trinajstić information content (AvgIpc) is 2.83. The molecule has 0 amide bonds. The van der Waals surface area contributed by atoms with Gasteiger partial charge in [-0.3, -0.25) is 0 Å². The van der Waals surface area contributed by atoms with Crippen molar-refractivity contribution in [2.45, 2.75) is 12.5 Å². The van der Waals surface area contributed by atoms with E-state index in [1.54, 1.807) is 0 Å². The van der Waals surface area contributed by atoms with Crippen LogP contribution < -0.4 is 5.32 Å². The van der Waals surface area contributed by atoms with Crippen LogP contribution in [0.25, 0.3) is 11.0 Å². The zero-order chi connectivity index (χ0) is 14.8. The molecule has 1 heterocycles. The van der Waals surface area contributed by atoms with Gasteiger partial charge in [-0.25, -0.2) is 9.37 Å². The van der Waals surface area contributed by atoms with Crippen molar-refractivity contribution in [2.24, 2.45) is 7.05 Å². The van der Waals surface area contributed by atoms with Gasteiger partial charge in [0.05, 0.1) is 11.0 Å². The van der Waals surface area contributed by atoms with E-state index < -0.39 is 0 Å². The normalized spacial score (nSPS) is 12.7. The molecule has 0 aliphatic heterocycles. The molecule has 1 atom stereocenters. The molecule has 0 radical (unpaired) electrons. The molecule has 0 aliphatic rings. The van der Waals surface area contributed by atoms with E-state index in [4.69, 9.17) is 4.98 Å². The standard InChI is InChI=1S/C17H18FN3/c1-19-15(12-7-9-13(18)10-8-12)11-17-20-14-5-3-4-6-16(14)21(17)2/h3-10,15,19H,11H2,1-2H3. The van der Waals surface area contributed by atoms with Gasteiger partial charge < -0.3 is 9.88 Å². The van der Waals surface area contributed by atoms with Crippen LogP contribution in [0, 0.1) is 5.82 Å². The number of rotatable bonds is 4. The first-order valence-electron chi connectivity index (χ1n) is 7.02. The molecule has 21 heavy (non-hydrogen) atoms. The second-order valence-corrected chi connectivity index (χ2v) is 5.17. The Morgan fingerprint density at radius 3 is 2.52 bits per heavy atom. The lowest BCUT2D eigenvalue weighted by atomic mass is 10.0. The molecule has 0 saturated heterocycles. The minimum absolute atomic E-state index is 0.112. The topological polar surface area (TPSA) is 29.9 Å². The Morgan fingerprint density at radius 1 is 1.14 bits per heavy atom. The van der Waals surface area contributed by atoms with Crippen LogP contribution in [-0.4, -0.2) is 16.6 Å². The number of aryl methyl sites for hydroxylation is 1. The molecule has 2 aromatic carbocycles. The first-order valence-corrected chi connectivity index (χ1v) is 7.02. The smallest absolute Gasteiger partial charge is 0.123 e. The molecular formula is C17H18FN3. The number of hydrogen-bond donors (Lipinski definition) is 1. The molecule has 4 heteroatoms. The van der Waals surface area contributed by atoms with Crippen LogP contribution in [0.2, 0.25) is 0 Å². The molecule has 1 aromatic heterocycles. The summed E-state index contributed by atoms with van der Waals surface area (Å²) >= 11 is 0. The Kier molecular flexibility index (Phi) is 3.71. The van der Waals surface area contributed by atoms with Gasteiger partial charge in [0.1, 0.15) is 11.6 Å². The fraction of sp³-hybridized carbons (Fsp3) is 0.235. The first kappa shape index (κ1) is 13.8. The van der Waals surface area contributed by atoms with E-state index in [0.29, 0.717) is 0 Å². The summed E-state index contributed by atoms with van der Waals surface area (Å²) in [4.78, 5) is 4.69. The highest BCUT2D eigenvalue weighted by molar-refractivity contribution is 5.75. The van der Waals surface area contributed by atoms with Crippen LogP contribution in [0.1, 0.15) is 17.4 Å². The van der Waals surface area contributed by atoms with Crippen molar-refractivity contribution in [2.75, 3.05) is 7.05 Å². The summed E-state index contributed by atoms with van der Waals surface area (Å²) in [6, 6.07) is 14.8. The first-order chi connectivity index (χ1) is 10.2. The quantitative estimate of drug-likeness (QED) is 0.797. The lowest BCUT2D eigenvalue weighted by Crippen LogP contribution is -2.20. The Morgan fingerprint density at radius 2 is 1.86 bits per heavy atom. The maximum absolute atomic E-state index is 13.0. The van der Waals surface area contributed by atoms with E-state index in [0.717, 1.165) is 28.8 Å². The van der Waals surface area contributed by atoms with Crippen LogP contribution in [0.5, 0.6) is 0 Å². The van der Waals surface area contributed by atoms with Crippen molar-refractivity contribution < 1.29 is 4.39 Å². The van der Waals surface area contributed by atoms with Crippen LogP contribution in [0.15, 0.2) is 48.5 Å². The third-order valence-electron chi connectivity index (χ3n) is 3.89. The van der Waals surface area contributed by atoms with Gasteiger partial charge in [0.25, 0.3) is 0 Å². The maximum atomic E-state index is 13.0. The molecule has 0 spiro atoms. The number of aromatic nitrogens is 2. The second kappa shape index (κ2) is 5.66. The highest BCUT2D eigenvalue weighted by Crippen LogP contribution is 2.21. The Balaban J connectivity index is 1.92. The van der Waals surface area contributed by atoms with E-state index in [9.17, 15) is 4.39 Å². The van der Waals surface area contributed by atoms with Gasteiger partial charge in [-0.15, -0.1) is 0 Å². The fourth-order valence-electron chi connectivity index (χ4n) is 2.64. The molecule has 3 nitrogen and oxygen atoms in total. The highest BCUT2D eigenvalue weighted by Gasteiger charge is 2.15. The molecule has 3 rings (SSSR count). The molecule has 108 valence electrons. The lowest BCUT2D eigenvalue weighted by Gasteiger charge is -2.16. The molecule has 0 bridgehead atoms. The third-order valence-corrected chi connectivity index (χ3v) is 3.89. The summed E-state index contributed by atoms with van der Waals surface area (Å²) in [5.74, 6) is 0.802. The number of para-hydroxylation sites is 2. The van der Waals surface area contributed by atoms with E-state index >= 15 is 0 Å². The summed E-state index contributed by atoms with van der Waals surface area (Å²) in [6.45, 7) is 0.